The van der Waals surface area contributed by atoms with E-state index in [1.807, 2.05) is 18.2 Å². The second-order valence-corrected chi connectivity index (χ2v) is 6.11. The summed E-state index contributed by atoms with van der Waals surface area (Å²) in [6, 6.07) is 5.93. The number of ether oxygens (including phenoxy) is 1. The fourth-order valence-corrected chi connectivity index (χ4v) is 3.13. The van der Waals surface area contributed by atoms with Gasteiger partial charge in [0.15, 0.2) is 0 Å². The first-order valence-corrected chi connectivity index (χ1v) is 7.05. The van der Waals surface area contributed by atoms with Crippen LogP contribution in [0.5, 0.6) is 5.75 Å². The Bertz CT molecular complexity index is 424. The molecule has 1 unspecified atom stereocenters. The zero-order chi connectivity index (χ0) is 13.2. The molecule has 1 N–H and O–H groups in total. The average Bonchev–Trinajstić information content (AvgIpc) is 2.28. The Morgan fingerprint density at radius 3 is 2.94 bits per heavy atom. The van der Waals surface area contributed by atoms with Gasteiger partial charge >= 0.3 is 0 Å². The number of nitrogens with zero attached hydrogens (tertiary/aromatic N) is 1. The second kappa shape index (κ2) is 5.59. The summed E-state index contributed by atoms with van der Waals surface area (Å²) in [5, 5.41) is 10.7. The fraction of sp³-hybridized carbons (Fsp3) is 0.571. The molecule has 0 spiro atoms. The molecule has 1 atom stereocenters. The summed E-state index contributed by atoms with van der Waals surface area (Å²) in [4.78, 5) is 2.19. The molecule has 1 fully saturated rings. The Balaban J connectivity index is 2.19. The van der Waals surface area contributed by atoms with E-state index in [0.717, 1.165) is 41.7 Å². The van der Waals surface area contributed by atoms with Gasteiger partial charge < -0.3 is 14.7 Å². The number of rotatable bonds is 3. The third kappa shape index (κ3) is 3.25. The van der Waals surface area contributed by atoms with Gasteiger partial charge in [-0.05, 0) is 50.2 Å². The summed E-state index contributed by atoms with van der Waals surface area (Å²) >= 11 is 3.47. The van der Waals surface area contributed by atoms with Crippen LogP contribution < -0.4 is 4.74 Å². The number of methoxy groups -OCH3 is 1. The summed E-state index contributed by atoms with van der Waals surface area (Å²) in [5.74, 6) is 0.847. The topological polar surface area (TPSA) is 32.7 Å². The molecule has 2 rings (SSSR count). The van der Waals surface area contributed by atoms with Crippen LogP contribution in [-0.4, -0.2) is 42.9 Å². The van der Waals surface area contributed by atoms with E-state index in [0.29, 0.717) is 6.42 Å². The summed E-state index contributed by atoms with van der Waals surface area (Å²) in [6.45, 7) is 1.79. The van der Waals surface area contributed by atoms with Crippen molar-refractivity contribution in [2.45, 2.75) is 24.9 Å². The standard InChI is InChI=1S/C14H20BrNO2/c1-16-7-3-6-14(17,10-16)9-11-8-12(15)4-5-13(11)18-2/h4-5,8,17H,3,6-7,9-10H2,1-2H3. The van der Waals surface area contributed by atoms with Gasteiger partial charge in [-0.3, -0.25) is 0 Å². The zero-order valence-electron chi connectivity index (χ0n) is 10.9. The van der Waals surface area contributed by atoms with Gasteiger partial charge in [0.1, 0.15) is 5.75 Å². The Hall–Kier alpha value is -0.580. The number of hydrogen-bond acceptors (Lipinski definition) is 3. The van der Waals surface area contributed by atoms with Crippen LogP contribution in [0.3, 0.4) is 0 Å². The minimum Gasteiger partial charge on any atom is -0.496 e. The Morgan fingerprint density at radius 2 is 2.28 bits per heavy atom. The van der Waals surface area contributed by atoms with E-state index >= 15 is 0 Å². The predicted octanol–water partition coefficient (Wildman–Crippen LogP) is 2.46. The van der Waals surface area contributed by atoms with Crippen LogP contribution in [0.25, 0.3) is 0 Å². The van der Waals surface area contributed by atoms with Gasteiger partial charge in [-0.2, -0.15) is 0 Å². The van der Waals surface area contributed by atoms with Gasteiger partial charge in [0.05, 0.1) is 12.7 Å². The Kier molecular flexibility index (Phi) is 4.30. The monoisotopic (exact) mass is 313 g/mol. The van der Waals surface area contributed by atoms with Crippen LogP contribution in [-0.2, 0) is 6.42 Å². The molecule has 0 saturated carbocycles. The zero-order valence-corrected chi connectivity index (χ0v) is 12.5. The van der Waals surface area contributed by atoms with E-state index in [-0.39, 0.29) is 0 Å². The first kappa shape index (κ1) is 13.8. The lowest BCUT2D eigenvalue weighted by molar-refractivity contribution is -0.0227. The third-order valence-corrected chi connectivity index (χ3v) is 4.00. The molecule has 100 valence electrons. The number of hydrogen-bond donors (Lipinski definition) is 1. The summed E-state index contributed by atoms with van der Waals surface area (Å²) in [6.07, 6.45) is 2.54. The minimum atomic E-state index is -0.638. The van der Waals surface area contributed by atoms with E-state index in [4.69, 9.17) is 4.74 Å². The molecule has 1 aromatic rings. The molecule has 1 heterocycles. The minimum absolute atomic E-state index is 0.638. The maximum atomic E-state index is 10.7. The van der Waals surface area contributed by atoms with Gasteiger partial charge in [0.25, 0.3) is 0 Å². The summed E-state index contributed by atoms with van der Waals surface area (Å²) < 4.78 is 6.39. The molecular weight excluding hydrogens is 294 g/mol. The van der Waals surface area contributed by atoms with Crippen LogP contribution in [0.2, 0.25) is 0 Å². The van der Waals surface area contributed by atoms with Crippen molar-refractivity contribution in [3.8, 4) is 5.75 Å². The maximum Gasteiger partial charge on any atom is 0.122 e. The van der Waals surface area contributed by atoms with Crippen molar-refractivity contribution in [2.75, 3.05) is 27.2 Å². The largest absolute Gasteiger partial charge is 0.496 e. The van der Waals surface area contributed by atoms with Crippen LogP contribution in [0.4, 0.5) is 0 Å². The van der Waals surface area contributed by atoms with E-state index < -0.39 is 5.60 Å². The first-order valence-electron chi connectivity index (χ1n) is 6.26. The van der Waals surface area contributed by atoms with Crippen LogP contribution in [0.1, 0.15) is 18.4 Å². The van der Waals surface area contributed by atoms with Gasteiger partial charge in [-0.25, -0.2) is 0 Å². The molecule has 1 saturated heterocycles. The number of likely N-dealkylation sites (N-methyl/N-ethyl adjacent to an activating group) is 1. The molecule has 18 heavy (non-hydrogen) atoms. The lowest BCUT2D eigenvalue weighted by atomic mass is 9.86. The van der Waals surface area contributed by atoms with Crippen molar-refractivity contribution in [3.05, 3.63) is 28.2 Å². The highest BCUT2D eigenvalue weighted by Gasteiger charge is 2.32. The van der Waals surface area contributed by atoms with Crippen molar-refractivity contribution < 1.29 is 9.84 Å². The highest BCUT2D eigenvalue weighted by atomic mass is 79.9. The normalized spacial score (nSPS) is 25.1. The molecule has 3 nitrogen and oxygen atoms in total. The quantitative estimate of drug-likeness (QED) is 0.930. The highest BCUT2D eigenvalue weighted by Crippen LogP contribution is 2.30. The SMILES string of the molecule is COc1ccc(Br)cc1CC1(O)CCCN(C)C1. The first-order chi connectivity index (χ1) is 8.52. The van der Waals surface area contributed by atoms with E-state index in [9.17, 15) is 5.11 Å². The molecular formula is C14H20BrNO2. The molecule has 0 aliphatic carbocycles. The lowest BCUT2D eigenvalue weighted by Gasteiger charge is -2.37. The second-order valence-electron chi connectivity index (χ2n) is 5.20. The number of likely N-dealkylation sites (tertiary alicyclic amines) is 1. The Labute approximate surface area is 117 Å². The predicted molar refractivity (Wildman–Crippen MR) is 76.1 cm³/mol. The summed E-state index contributed by atoms with van der Waals surface area (Å²) in [5.41, 5.74) is 0.422. The number of benzene rings is 1. The van der Waals surface area contributed by atoms with Gasteiger partial charge in [0, 0.05) is 17.4 Å². The van der Waals surface area contributed by atoms with Gasteiger partial charge in [-0.1, -0.05) is 15.9 Å². The van der Waals surface area contributed by atoms with Crippen molar-refractivity contribution in [2.24, 2.45) is 0 Å². The van der Waals surface area contributed by atoms with E-state index in [1.54, 1.807) is 7.11 Å². The number of piperidine rings is 1. The number of halogens is 1. The van der Waals surface area contributed by atoms with Crippen molar-refractivity contribution >= 4 is 15.9 Å². The van der Waals surface area contributed by atoms with Gasteiger partial charge in [0.2, 0.25) is 0 Å². The molecule has 1 aromatic carbocycles. The summed E-state index contributed by atoms with van der Waals surface area (Å²) in [7, 11) is 3.73. The molecule has 0 radical (unpaired) electrons. The van der Waals surface area contributed by atoms with Gasteiger partial charge in [-0.15, -0.1) is 0 Å². The number of aliphatic hydroxyl groups is 1. The molecule has 0 amide bonds. The smallest absolute Gasteiger partial charge is 0.122 e. The third-order valence-electron chi connectivity index (χ3n) is 3.51. The van der Waals surface area contributed by atoms with Crippen LogP contribution in [0.15, 0.2) is 22.7 Å². The highest BCUT2D eigenvalue weighted by molar-refractivity contribution is 9.10. The molecule has 1 aliphatic rings. The average molecular weight is 314 g/mol. The maximum absolute atomic E-state index is 10.7. The molecule has 1 aliphatic heterocycles. The molecule has 0 bridgehead atoms. The lowest BCUT2D eigenvalue weighted by Crippen LogP contribution is -2.47. The number of β-amino-alcohol motifs (C(OH)–C–C–N with tert-alkyl or cyclic N) is 1. The van der Waals surface area contributed by atoms with Crippen molar-refractivity contribution in [1.29, 1.82) is 0 Å². The van der Waals surface area contributed by atoms with E-state index in [1.165, 1.54) is 0 Å². The van der Waals surface area contributed by atoms with Crippen molar-refractivity contribution in [1.82, 2.24) is 4.90 Å². The van der Waals surface area contributed by atoms with E-state index in [2.05, 4.69) is 27.9 Å². The van der Waals surface area contributed by atoms with Crippen LogP contribution >= 0.6 is 15.9 Å². The Morgan fingerprint density at radius 1 is 1.50 bits per heavy atom. The molecule has 0 aromatic heterocycles. The molecule has 4 heteroatoms. The fourth-order valence-electron chi connectivity index (χ4n) is 2.72. The van der Waals surface area contributed by atoms with Crippen LogP contribution in [0, 0.1) is 0 Å². The van der Waals surface area contributed by atoms with Crippen molar-refractivity contribution in [3.63, 3.8) is 0 Å².